The lowest BCUT2D eigenvalue weighted by Gasteiger charge is -2.16. The van der Waals surface area contributed by atoms with E-state index in [1.807, 2.05) is 6.92 Å². The Kier molecular flexibility index (Phi) is 5.98. The van der Waals surface area contributed by atoms with E-state index in [4.69, 9.17) is 0 Å². The number of nitrogens with one attached hydrogen (secondary N) is 1. The van der Waals surface area contributed by atoms with Crippen LogP contribution in [-0.2, 0) is 34.5 Å². The molecule has 0 radical (unpaired) electrons. The molecule has 0 spiro atoms. The number of rotatable bonds is 8. The monoisotopic (exact) mass is 513 g/mol. The first-order chi connectivity index (χ1) is 17.0. The third kappa shape index (κ3) is 4.67. The number of hydrogen-bond acceptors (Lipinski definition) is 7. The third-order valence-corrected chi connectivity index (χ3v) is 7.70. The Morgan fingerprint density at radius 3 is 2.58 bits per heavy atom. The van der Waals surface area contributed by atoms with Crippen LogP contribution in [0.2, 0.25) is 0 Å². The van der Waals surface area contributed by atoms with Crippen molar-refractivity contribution >= 4 is 38.4 Å². The summed E-state index contributed by atoms with van der Waals surface area (Å²) in [4.78, 5) is 21.0. The number of Topliss-reactive ketones (excluding diaryl/α,β-unsaturated/α-hetero) is 1. The van der Waals surface area contributed by atoms with E-state index in [0.29, 0.717) is 22.6 Å². The Labute approximate surface area is 207 Å². The number of carbonyl (C=O) groups is 1. The standard InChI is InChI=1S/C25H25F2N5O3S/c1-13-17(12-28-32(13)2)15-6-7-18(23(8-15)36(3,34)35)30-19-9-16(10-22(33)14-4-5-14)29-20-11-21(25(26)27)31-24(19)20/h6-9,12,14,25H,4-5,10-11H2,1-3H3,(H,29,30). The van der Waals surface area contributed by atoms with Gasteiger partial charge >= 0.3 is 0 Å². The number of fused-ring (bicyclic) bond motifs is 1. The average Bonchev–Trinajstić information content (AvgIpc) is 3.49. The first-order valence-corrected chi connectivity index (χ1v) is 13.4. The highest BCUT2D eigenvalue weighted by molar-refractivity contribution is 7.90. The summed E-state index contributed by atoms with van der Waals surface area (Å²) >= 11 is 0. The number of benzene rings is 1. The molecule has 1 saturated carbocycles. The predicted octanol–water partition coefficient (Wildman–Crippen LogP) is 4.35. The molecule has 1 aliphatic carbocycles. The van der Waals surface area contributed by atoms with Crippen LogP contribution in [0.5, 0.6) is 0 Å². The van der Waals surface area contributed by atoms with E-state index < -0.39 is 16.3 Å². The molecule has 2 aromatic heterocycles. The highest BCUT2D eigenvalue weighted by Gasteiger charge is 2.31. The average molecular weight is 514 g/mol. The van der Waals surface area contributed by atoms with Gasteiger partial charge in [-0.05, 0) is 43.5 Å². The summed E-state index contributed by atoms with van der Waals surface area (Å²) in [5.74, 6) is 0.0964. The van der Waals surface area contributed by atoms with Crippen LogP contribution in [0.15, 0.2) is 40.4 Å². The summed E-state index contributed by atoms with van der Waals surface area (Å²) in [5, 5.41) is 7.32. The molecule has 11 heteroatoms. The van der Waals surface area contributed by atoms with Gasteiger partial charge < -0.3 is 5.32 Å². The fraction of sp³-hybridized carbons (Fsp3) is 0.360. The first-order valence-electron chi connectivity index (χ1n) is 11.5. The Balaban J connectivity index is 1.57. The third-order valence-electron chi connectivity index (χ3n) is 6.56. The van der Waals surface area contributed by atoms with E-state index >= 15 is 0 Å². The van der Waals surface area contributed by atoms with Gasteiger partial charge in [0.15, 0.2) is 9.84 Å². The molecule has 36 heavy (non-hydrogen) atoms. The number of aromatic nitrogens is 3. The normalized spacial score (nSPS) is 15.2. The van der Waals surface area contributed by atoms with Crippen molar-refractivity contribution in [2.24, 2.45) is 18.0 Å². The van der Waals surface area contributed by atoms with Crippen molar-refractivity contribution in [3.05, 3.63) is 47.5 Å². The van der Waals surface area contributed by atoms with Gasteiger partial charge in [-0.15, -0.1) is 0 Å². The van der Waals surface area contributed by atoms with Crippen molar-refractivity contribution in [1.29, 1.82) is 0 Å². The Morgan fingerprint density at radius 2 is 1.97 bits per heavy atom. The van der Waals surface area contributed by atoms with Crippen molar-refractivity contribution in [3.8, 4) is 11.1 Å². The summed E-state index contributed by atoms with van der Waals surface area (Å²) in [6.45, 7) is 1.89. The van der Waals surface area contributed by atoms with Crippen LogP contribution < -0.4 is 5.32 Å². The maximum absolute atomic E-state index is 13.4. The molecule has 0 saturated heterocycles. The molecule has 3 aromatic rings. The Hall–Kier alpha value is -3.47. The quantitative estimate of drug-likeness (QED) is 0.480. The first kappa shape index (κ1) is 24.2. The minimum Gasteiger partial charge on any atom is -0.353 e. The molecular weight excluding hydrogens is 488 g/mol. The van der Waals surface area contributed by atoms with Crippen LogP contribution in [0, 0.1) is 12.8 Å². The van der Waals surface area contributed by atoms with Crippen LogP contribution in [0.4, 0.5) is 25.8 Å². The SMILES string of the molecule is Cc1c(-c2ccc(Nc3cc(CC(=O)C4CC4)nc4c3N=C(C(F)F)C4)c(S(C)(=O)=O)c2)cnn1C. The summed E-state index contributed by atoms with van der Waals surface area (Å²) in [6.07, 6.45) is 1.72. The molecule has 2 aliphatic rings. The Morgan fingerprint density at radius 1 is 1.22 bits per heavy atom. The lowest BCUT2D eigenvalue weighted by atomic mass is 10.1. The van der Waals surface area contributed by atoms with Crippen molar-refractivity contribution < 1.29 is 22.0 Å². The number of hydrogen-bond donors (Lipinski definition) is 1. The predicted molar refractivity (Wildman–Crippen MR) is 132 cm³/mol. The molecule has 0 bridgehead atoms. The van der Waals surface area contributed by atoms with Gasteiger partial charge in [0.05, 0.1) is 39.6 Å². The topological polar surface area (TPSA) is 106 Å². The maximum Gasteiger partial charge on any atom is 0.277 e. The number of sulfone groups is 1. The second-order valence-corrected chi connectivity index (χ2v) is 11.3. The largest absolute Gasteiger partial charge is 0.353 e. The van der Waals surface area contributed by atoms with Crippen molar-refractivity contribution in [3.63, 3.8) is 0 Å². The van der Waals surface area contributed by atoms with E-state index in [1.165, 1.54) is 0 Å². The summed E-state index contributed by atoms with van der Waals surface area (Å²) in [5.41, 5.74) is 3.68. The second kappa shape index (κ2) is 8.88. The molecule has 0 unspecified atom stereocenters. The zero-order valence-electron chi connectivity index (χ0n) is 20.0. The molecule has 1 aliphatic heterocycles. The van der Waals surface area contributed by atoms with Gasteiger partial charge in [0.1, 0.15) is 11.5 Å². The van der Waals surface area contributed by atoms with Crippen LogP contribution in [0.25, 0.3) is 11.1 Å². The molecule has 0 atom stereocenters. The minimum absolute atomic E-state index is 0.0321. The Bertz CT molecular complexity index is 1520. The van der Waals surface area contributed by atoms with Gasteiger partial charge in [-0.2, -0.15) is 5.10 Å². The number of nitrogens with zero attached hydrogens (tertiary/aromatic N) is 4. The number of anilines is 2. The van der Waals surface area contributed by atoms with Gasteiger partial charge in [-0.3, -0.25) is 14.5 Å². The molecule has 1 N–H and O–H groups in total. The molecule has 3 heterocycles. The van der Waals surface area contributed by atoms with Gasteiger partial charge in [0, 0.05) is 43.3 Å². The molecule has 188 valence electrons. The van der Waals surface area contributed by atoms with Gasteiger partial charge in [0.25, 0.3) is 6.43 Å². The summed E-state index contributed by atoms with van der Waals surface area (Å²) in [7, 11) is -1.87. The fourth-order valence-corrected chi connectivity index (χ4v) is 5.18. The molecule has 1 fully saturated rings. The number of alkyl halides is 2. The number of aryl methyl sites for hydroxylation is 1. The van der Waals surface area contributed by atoms with Crippen molar-refractivity contribution in [2.45, 2.75) is 43.9 Å². The maximum atomic E-state index is 13.4. The number of pyridine rings is 1. The van der Waals surface area contributed by atoms with E-state index in [9.17, 15) is 22.0 Å². The van der Waals surface area contributed by atoms with Crippen LogP contribution in [0.1, 0.15) is 29.9 Å². The number of ketones is 1. The highest BCUT2D eigenvalue weighted by Crippen LogP contribution is 2.40. The number of carbonyl (C=O) groups excluding carboxylic acids is 1. The van der Waals surface area contributed by atoms with Crippen molar-refractivity contribution in [1.82, 2.24) is 14.8 Å². The van der Waals surface area contributed by atoms with Gasteiger partial charge in [0.2, 0.25) is 0 Å². The zero-order valence-corrected chi connectivity index (χ0v) is 20.9. The van der Waals surface area contributed by atoms with Crippen LogP contribution in [-0.4, -0.2) is 47.4 Å². The number of halogens is 2. The number of aliphatic imine (C=N–C) groups is 1. The van der Waals surface area contributed by atoms with E-state index in [1.54, 1.807) is 42.2 Å². The van der Waals surface area contributed by atoms with E-state index in [2.05, 4.69) is 20.4 Å². The smallest absolute Gasteiger partial charge is 0.277 e. The van der Waals surface area contributed by atoms with Crippen LogP contribution in [0.3, 0.4) is 0 Å². The van der Waals surface area contributed by atoms with Gasteiger partial charge in [-0.1, -0.05) is 6.07 Å². The van der Waals surface area contributed by atoms with E-state index in [0.717, 1.165) is 30.4 Å². The summed E-state index contributed by atoms with van der Waals surface area (Å²) in [6, 6.07) is 6.57. The fourth-order valence-electron chi connectivity index (χ4n) is 4.32. The minimum atomic E-state index is -3.68. The highest BCUT2D eigenvalue weighted by atomic mass is 32.2. The lowest BCUT2D eigenvalue weighted by Crippen LogP contribution is -2.11. The second-order valence-electron chi connectivity index (χ2n) is 9.33. The van der Waals surface area contributed by atoms with Gasteiger partial charge in [-0.25, -0.2) is 22.2 Å². The molecule has 8 nitrogen and oxygen atoms in total. The molecule has 0 amide bonds. The molecule has 5 rings (SSSR count). The molecular formula is C25H25F2N5O3S. The van der Waals surface area contributed by atoms with Crippen molar-refractivity contribution in [2.75, 3.05) is 11.6 Å². The molecule has 1 aromatic carbocycles. The zero-order chi connectivity index (χ0) is 25.8. The van der Waals surface area contributed by atoms with E-state index in [-0.39, 0.29) is 46.5 Å². The lowest BCUT2D eigenvalue weighted by molar-refractivity contribution is -0.119. The van der Waals surface area contributed by atoms with Crippen LogP contribution >= 0.6 is 0 Å². The summed E-state index contributed by atoms with van der Waals surface area (Å²) < 4.78 is 54.0.